The van der Waals surface area contributed by atoms with Gasteiger partial charge in [0, 0.05) is 5.38 Å². The molecule has 0 radical (unpaired) electrons. The van der Waals surface area contributed by atoms with E-state index >= 15 is 0 Å². The van der Waals surface area contributed by atoms with Crippen LogP contribution in [0.15, 0.2) is 0 Å². The summed E-state index contributed by atoms with van der Waals surface area (Å²) in [5, 5.41) is 0.406. The summed E-state index contributed by atoms with van der Waals surface area (Å²) in [6.07, 6.45) is 4.97. The van der Waals surface area contributed by atoms with Crippen molar-refractivity contribution in [3.8, 4) is 0 Å². The van der Waals surface area contributed by atoms with Crippen LogP contribution in [0.25, 0.3) is 0 Å². The Morgan fingerprint density at radius 2 is 1.50 bits per heavy atom. The average Bonchev–Trinajstić information content (AvgIpc) is 1.84. The van der Waals surface area contributed by atoms with Gasteiger partial charge in [-0.05, 0) is 24.7 Å². The molecule has 1 unspecified atom stereocenters. The minimum atomic E-state index is 0.406. The molecule has 0 amide bonds. The molecule has 0 heterocycles. The second-order valence-corrected chi connectivity index (χ2v) is 5.17. The first-order valence-corrected chi connectivity index (χ1v) is 5.60. The molecule has 0 aromatic carbocycles. The molecule has 0 rings (SSSR count). The largest absolute Gasteiger partial charge is 0.123 e. The van der Waals surface area contributed by atoms with E-state index in [1.807, 2.05) is 0 Å². The fourth-order valence-electron chi connectivity index (χ4n) is 1.38. The van der Waals surface area contributed by atoms with E-state index in [0.29, 0.717) is 5.38 Å². The van der Waals surface area contributed by atoms with Gasteiger partial charge < -0.3 is 0 Å². The van der Waals surface area contributed by atoms with Crippen molar-refractivity contribution in [2.75, 3.05) is 0 Å². The minimum absolute atomic E-state index is 0.406. The standard InChI is InChI=1S/C11H23Cl/c1-9(2)6-5-7-11(12)8-10(3)4/h9-11H,5-8H2,1-4H3. The van der Waals surface area contributed by atoms with Crippen molar-refractivity contribution in [3.05, 3.63) is 0 Å². The lowest BCUT2D eigenvalue weighted by atomic mass is 10.0. The Morgan fingerprint density at radius 3 is 1.92 bits per heavy atom. The molecule has 0 aromatic rings. The third kappa shape index (κ3) is 8.39. The second kappa shape index (κ2) is 6.77. The zero-order chi connectivity index (χ0) is 9.56. The monoisotopic (exact) mass is 190 g/mol. The van der Waals surface area contributed by atoms with Gasteiger partial charge >= 0.3 is 0 Å². The minimum Gasteiger partial charge on any atom is -0.123 e. The molecule has 0 aliphatic heterocycles. The SMILES string of the molecule is CC(C)CCCC(Cl)CC(C)C. The van der Waals surface area contributed by atoms with Crippen LogP contribution in [0.1, 0.15) is 53.4 Å². The van der Waals surface area contributed by atoms with E-state index in [4.69, 9.17) is 11.6 Å². The molecule has 0 aliphatic rings. The molecule has 1 heteroatoms. The molecule has 0 nitrogen and oxygen atoms in total. The van der Waals surface area contributed by atoms with E-state index in [1.165, 1.54) is 25.7 Å². The number of halogens is 1. The van der Waals surface area contributed by atoms with Crippen LogP contribution in [-0.4, -0.2) is 5.38 Å². The maximum atomic E-state index is 6.16. The highest BCUT2D eigenvalue weighted by Crippen LogP contribution is 2.18. The molecule has 0 bridgehead atoms. The van der Waals surface area contributed by atoms with Crippen molar-refractivity contribution in [2.24, 2.45) is 11.8 Å². The van der Waals surface area contributed by atoms with E-state index in [-0.39, 0.29) is 0 Å². The fraction of sp³-hybridized carbons (Fsp3) is 1.00. The van der Waals surface area contributed by atoms with Crippen LogP contribution in [0.2, 0.25) is 0 Å². The Bertz CT molecular complexity index is 97.2. The van der Waals surface area contributed by atoms with E-state index in [2.05, 4.69) is 27.7 Å². The van der Waals surface area contributed by atoms with Crippen molar-refractivity contribution in [2.45, 2.75) is 58.8 Å². The van der Waals surface area contributed by atoms with Gasteiger partial charge in [0.1, 0.15) is 0 Å². The Labute approximate surface area is 82.7 Å². The van der Waals surface area contributed by atoms with Crippen molar-refractivity contribution >= 4 is 11.6 Å². The quantitative estimate of drug-likeness (QED) is 0.543. The van der Waals surface area contributed by atoms with Crippen LogP contribution >= 0.6 is 11.6 Å². The molecule has 12 heavy (non-hydrogen) atoms. The van der Waals surface area contributed by atoms with Crippen LogP contribution in [0, 0.1) is 11.8 Å². The third-order valence-electron chi connectivity index (χ3n) is 2.03. The van der Waals surface area contributed by atoms with Crippen molar-refractivity contribution in [1.82, 2.24) is 0 Å². The molecule has 0 saturated heterocycles. The molecule has 0 aromatic heterocycles. The molecule has 74 valence electrons. The third-order valence-corrected chi connectivity index (χ3v) is 2.42. The average molecular weight is 191 g/mol. The summed E-state index contributed by atoms with van der Waals surface area (Å²) in [7, 11) is 0. The Balaban J connectivity index is 3.25. The molecule has 0 fully saturated rings. The summed E-state index contributed by atoms with van der Waals surface area (Å²) < 4.78 is 0. The Hall–Kier alpha value is 0.290. The van der Waals surface area contributed by atoms with Gasteiger partial charge in [-0.3, -0.25) is 0 Å². The zero-order valence-electron chi connectivity index (χ0n) is 8.94. The number of alkyl halides is 1. The molecule has 0 aliphatic carbocycles. The highest BCUT2D eigenvalue weighted by atomic mass is 35.5. The van der Waals surface area contributed by atoms with Gasteiger partial charge in [0.2, 0.25) is 0 Å². The normalized spacial score (nSPS) is 14.2. The van der Waals surface area contributed by atoms with Gasteiger partial charge in [-0.1, -0.05) is 40.5 Å². The lowest BCUT2D eigenvalue weighted by Crippen LogP contribution is -2.03. The van der Waals surface area contributed by atoms with Crippen LogP contribution in [0.4, 0.5) is 0 Å². The van der Waals surface area contributed by atoms with Gasteiger partial charge in [-0.2, -0.15) is 0 Å². The number of hydrogen-bond donors (Lipinski definition) is 0. The summed E-state index contributed by atoms with van der Waals surface area (Å²) >= 11 is 6.16. The van der Waals surface area contributed by atoms with Crippen molar-refractivity contribution < 1.29 is 0 Å². The molecule has 0 N–H and O–H groups in total. The van der Waals surface area contributed by atoms with Crippen molar-refractivity contribution in [1.29, 1.82) is 0 Å². The predicted molar refractivity (Wildman–Crippen MR) is 57.8 cm³/mol. The second-order valence-electron chi connectivity index (χ2n) is 4.55. The maximum absolute atomic E-state index is 6.16. The van der Waals surface area contributed by atoms with Gasteiger partial charge in [0.05, 0.1) is 0 Å². The highest BCUT2D eigenvalue weighted by Gasteiger charge is 2.06. The molecular formula is C11H23Cl. The molecule has 1 atom stereocenters. The summed E-state index contributed by atoms with van der Waals surface area (Å²) in [5.74, 6) is 1.57. The van der Waals surface area contributed by atoms with E-state index in [1.54, 1.807) is 0 Å². The van der Waals surface area contributed by atoms with Crippen LogP contribution < -0.4 is 0 Å². The van der Waals surface area contributed by atoms with Gasteiger partial charge in [0.15, 0.2) is 0 Å². The molecule has 0 saturated carbocycles. The fourth-order valence-corrected chi connectivity index (χ4v) is 1.89. The lowest BCUT2D eigenvalue weighted by molar-refractivity contribution is 0.491. The first kappa shape index (κ1) is 12.3. The summed E-state index contributed by atoms with van der Waals surface area (Å²) in [5.41, 5.74) is 0. The van der Waals surface area contributed by atoms with Crippen molar-refractivity contribution in [3.63, 3.8) is 0 Å². The molecular weight excluding hydrogens is 168 g/mol. The summed E-state index contributed by atoms with van der Waals surface area (Å²) in [6.45, 7) is 9.01. The number of rotatable bonds is 6. The lowest BCUT2D eigenvalue weighted by Gasteiger charge is -2.12. The van der Waals surface area contributed by atoms with Crippen LogP contribution in [0.3, 0.4) is 0 Å². The highest BCUT2D eigenvalue weighted by molar-refractivity contribution is 6.20. The summed E-state index contributed by atoms with van der Waals surface area (Å²) in [4.78, 5) is 0. The maximum Gasteiger partial charge on any atom is 0.0338 e. The first-order chi connectivity index (χ1) is 5.52. The summed E-state index contributed by atoms with van der Waals surface area (Å²) in [6, 6.07) is 0. The predicted octanol–water partition coefficient (Wildman–Crippen LogP) is 4.47. The van der Waals surface area contributed by atoms with E-state index in [0.717, 1.165) is 11.8 Å². The first-order valence-electron chi connectivity index (χ1n) is 5.16. The zero-order valence-corrected chi connectivity index (χ0v) is 9.69. The van der Waals surface area contributed by atoms with E-state index in [9.17, 15) is 0 Å². The topological polar surface area (TPSA) is 0 Å². The Morgan fingerprint density at radius 1 is 0.917 bits per heavy atom. The molecule has 0 spiro atoms. The number of hydrogen-bond acceptors (Lipinski definition) is 0. The Kier molecular flexibility index (Phi) is 6.93. The van der Waals surface area contributed by atoms with Crippen LogP contribution in [-0.2, 0) is 0 Å². The van der Waals surface area contributed by atoms with Gasteiger partial charge in [0.25, 0.3) is 0 Å². The van der Waals surface area contributed by atoms with Gasteiger partial charge in [-0.25, -0.2) is 0 Å². The van der Waals surface area contributed by atoms with Crippen LogP contribution in [0.5, 0.6) is 0 Å². The van der Waals surface area contributed by atoms with E-state index < -0.39 is 0 Å². The van der Waals surface area contributed by atoms with Gasteiger partial charge in [-0.15, -0.1) is 11.6 Å². The smallest absolute Gasteiger partial charge is 0.0338 e.